The third kappa shape index (κ3) is 5.79. The number of thiazole rings is 1. The minimum atomic E-state index is -4.66. The van der Waals surface area contributed by atoms with Gasteiger partial charge in [0.2, 0.25) is 5.43 Å². The van der Waals surface area contributed by atoms with Crippen LogP contribution >= 0.6 is 11.3 Å². The van der Waals surface area contributed by atoms with Crippen molar-refractivity contribution >= 4 is 40.1 Å². The lowest BCUT2D eigenvalue weighted by molar-refractivity contribution is -0.140. The summed E-state index contributed by atoms with van der Waals surface area (Å²) in [5.74, 6) is -1.30. The van der Waals surface area contributed by atoms with Crippen molar-refractivity contribution in [2.45, 2.75) is 31.9 Å². The Kier molecular flexibility index (Phi) is 7.78. The number of anilines is 1. The molecule has 10 nitrogen and oxygen atoms in total. The Morgan fingerprint density at radius 2 is 2.00 bits per heavy atom. The number of amides is 2. The smallest absolute Gasteiger partial charge is 0.434 e. The molecular weight excluding hydrogens is 561 g/mol. The van der Waals surface area contributed by atoms with E-state index in [-0.39, 0.29) is 27.7 Å². The molecule has 1 aliphatic heterocycles. The molecule has 1 atom stereocenters. The van der Waals surface area contributed by atoms with Crippen molar-refractivity contribution in [1.82, 2.24) is 25.6 Å². The number of aromatic amines is 1. The molecule has 0 radical (unpaired) electrons. The minimum absolute atomic E-state index is 0.00573. The number of aromatic carboxylic acids is 1. The molecule has 0 spiro atoms. The van der Waals surface area contributed by atoms with Crippen LogP contribution in [0, 0.1) is 0 Å². The van der Waals surface area contributed by atoms with Gasteiger partial charge in [0.25, 0.3) is 0 Å². The van der Waals surface area contributed by atoms with Crippen molar-refractivity contribution in [3.05, 3.63) is 63.0 Å². The summed E-state index contributed by atoms with van der Waals surface area (Å²) in [6.07, 6.45) is -0.386. The largest absolute Gasteiger partial charge is 0.477 e. The van der Waals surface area contributed by atoms with Crippen molar-refractivity contribution in [3.8, 4) is 21.7 Å². The van der Waals surface area contributed by atoms with Gasteiger partial charge in [-0.15, -0.1) is 11.3 Å². The standard InChI is InChI=1S/C27H25F3N6O4S/c1-2-32-26(40)36-22-8-16(24-35-21(12-41-24)27(28,29)30)18(10-34-22)15-6-17-20(33-11-19(23(17)37)25(38)39)7-14(15)13-4-3-5-31-9-13/h6-8,10-13,31H,2-5,9H2,1H3,(H,33,37)(H,38,39)(H2,32,34,36,40). The number of alkyl halides is 3. The van der Waals surface area contributed by atoms with Gasteiger partial charge >= 0.3 is 18.2 Å². The SMILES string of the molecule is CCNC(=O)Nc1cc(-c2nc(C(F)(F)F)cs2)c(-c2cc3c(=O)c(C(=O)O)c[nH]c3cc2C2CCCNC2)cn1. The zero-order valence-electron chi connectivity index (χ0n) is 21.7. The molecule has 5 rings (SSSR count). The number of piperidine rings is 1. The number of benzene rings is 1. The molecule has 3 aromatic heterocycles. The Morgan fingerprint density at radius 3 is 2.66 bits per heavy atom. The van der Waals surface area contributed by atoms with Crippen LogP contribution in [0.4, 0.5) is 23.8 Å². The first kappa shape index (κ1) is 28.2. The van der Waals surface area contributed by atoms with Crippen LogP contribution in [0.5, 0.6) is 0 Å². The number of carboxylic acids is 1. The van der Waals surface area contributed by atoms with Gasteiger partial charge < -0.3 is 20.7 Å². The molecule has 1 saturated heterocycles. The van der Waals surface area contributed by atoms with Gasteiger partial charge in [-0.3, -0.25) is 10.1 Å². The van der Waals surface area contributed by atoms with Crippen LogP contribution < -0.4 is 21.4 Å². The molecule has 1 fully saturated rings. The van der Waals surface area contributed by atoms with Crippen molar-refractivity contribution < 1.29 is 27.9 Å². The Balaban J connectivity index is 1.77. The van der Waals surface area contributed by atoms with Gasteiger partial charge in [-0.2, -0.15) is 13.2 Å². The van der Waals surface area contributed by atoms with Gasteiger partial charge in [0.05, 0.1) is 0 Å². The minimum Gasteiger partial charge on any atom is -0.477 e. The molecule has 14 heteroatoms. The van der Waals surface area contributed by atoms with Crippen LogP contribution in [0.1, 0.15) is 47.3 Å². The van der Waals surface area contributed by atoms with E-state index in [1.807, 2.05) is 0 Å². The van der Waals surface area contributed by atoms with Gasteiger partial charge in [0, 0.05) is 52.9 Å². The fourth-order valence-electron chi connectivity index (χ4n) is 4.90. The van der Waals surface area contributed by atoms with Gasteiger partial charge in [0.1, 0.15) is 16.4 Å². The lowest BCUT2D eigenvalue weighted by atomic mass is 9.84. The molecule has 41 heavy (non-hydrogen) atoms. The summed E-state index contributed by atoms with van der Waals surface area (Å²) in [6, 6.07) is 4.24. The highest BCUT2D eigenvalue weighted by Crippen LogP contribution is 2.42. The highest BCUT2D eigenvalue weighted by atomic mass is 32.1. The molecule has 0 aliphatic carbocycles. The number of nitrogens with zero attached hydrogens (tertiary/aromatic N) is 2. The third-order valence-corrected chi connectivity index (χ3v) is 7.69. The number of carbonyl (C=O) groups is 2. The maximum atomic E-state index is 13.5. The molecule has 1 aromatic carbocycles. The number of aromatic nitrogens is 3. The Labute approximate surface area is 235 Å². The fraction of sp³-hybridized carbons (Fsp3) is 0.296. The number of carbonyl (C=O) groups excluding carboxylic acids is 1. The van der Waals surface area contributed by atoms with Crippen LogP contribution in [0.15, 0.2) is 40.8 Å². The second-order valence-corrected chi connectivity index (χ2v) is 10.4. The first-order chi connectivity index (χ1) is 19.6. The quantitative estimate of drug-likeness (QED) is 0.213. The zero-order valence-corrected chi connectivity index (χ0v) is 22.5. The predicted octanol–water partition coefficient (Wildman–Crippen LogP) is 5.04. The summed E-state index contributed by atoms with van der Waals surface area (Å²) >= 11 is 0.786. The number of hydrogen-bond acceptors (Lipinski definition) is 7. The maximum Gasteiger partial charge on any atom is 0.434 e. The van der Waals surface area contributed by atoms with E-state index in [0.29, 0.717) is 29.7 Å². The van der Waals surface area contributed by atoms with Crippen LogP contribution in [0.3, 0.4) is 0 Å². The van der Waals surface area contributed by atoms with Crippen LogP contribution in [0.2, 0.25) is 0 Å². The second-order valence-electron chi connectivity index (χ2n) is 9.50. The molecule has 2 amide bonds. The molecule has 1 unspecified atom stereocenters. The van der Waals surface area contributed by atoms with Crippen molar-refractivity contribution in [1.29, 1.82) is 0 Å². The van der Waals surface area contributed by atoms with Crippen molar-refractivity contribution in [2.24, 2.45) is 0 Å². The van der Waals surface area contributed by atoms with E-state index in [1.165, 1.54) is 12.3 Å². The number of H-pyrrole nitrogens is 1. The fourth-order valence-corrected chi connectivity index (χ4v) is 5.75. The van der Waals surface area contributed by atoms with Crippen molar-refractivity contribution in [3.63, 3.8) is 0 Å². The molecule has 5 N–H and O–H groups in total. The number of rotatable bonds is 6. The second kappa shape index (κ2) is 11.3. The summed E-state index contributed by atoms with van der Waals surface area (Å²) in [4.78, 5) is 48.0. The molecule has 4 heterocycles. The molecule has 0 saturated carbocycles. The predicted molar refractivity (Wildman–Crippen MR) is 148 cm³/mol. The monoisotopic (exact) mass is 586 g/mol. The third-order valence-electron chi connectivity index (χ3n) is 6.82. The first-order valence-corrected chi connectivity index (χ1v) is 13.7. The normalized spacial score (nSPS) is 15.6. The Hall–Kier alpha value is -4.30. The maximum absolute atomic E-state index is 13.5. The van der Waals surface area contributed by atoms with Crippen molar-refractivity contribution in [2.75, 3.05) is 25.0 Å². The molecule has 0 bridgehead atoms. The van der Waals surface area contributed by atoms with Gasteiger partial charge in [0.15, 0.2) is 5.69 Å². The Bertz CT molecular complexity index is 1690. The van der Waals surface area contributed by atoms with E-state index in [9.17, 15) is 32.7 Å². The number of carboxylic acid groups (broad SMARTS) is 1. The molecule has 4 aromatic rings. The molecule has 1 aliphatic rings. The average molecular weight is 587 g/mol. The van der Waals surface area contributed by atoms with Crippen LogP contribution in [-0.4, -0.2) is 51.7 Å². The van der Waals surface area contributed by atoms with E-state index >= 15 is 0 Å². The highest BCUT2D eigenvalue weighted by Gasteiger charge is 2.34. The van der Waals surface area contributed by atoms with Gasteiger partial charge in [-0.05, 0) is 61.6 Å². The summed E-state index contributed by atoms with van der Waals surface area (Å²) < 4.78 is 40.4. The number of fused-ring (bicyclic) bond motifs is 1. The van der Waals surface area contributed by atoms with Gasteiger partial charge in [-0.1, -0.05) is 0 Å². The van der Waals surface area contributed by atoms with Crippen LogP contribution in [0.25, 0.3) is 32.6 Å². The van der Waals surface area contributed by atoms with E-state index < -0.39 is 34.9 Å². The van der Waals surface area contributed by atoms with E-state index in [0.717, 1.165) is 47.9 Å². The Morgan fingerprint density at radius 1 is 1.20 bits per heavy atom. The topological polar surface area (TPSA) is 149 Å². The van der Waals surface area contributed by atoms with E-state index in [2.05, 4.69) is 30.9 Å². The molecule has 214 valence electrons. The first-order valence-electron chi connectivity index (χ1n) is 12.8. The lowest BCUT2D eigenvalue weighted by Gasteiger charge is -2.26. The van der Waals surface area contributed by atoms with Crippen LogP contribution in [-0.2, 0) is 6.18 Å². The summed E-state index contributed by atoms with van der Waals surface area (Å²) in [5, 5.41) is 19.0. The van der Waals surface area contributed by atoms with E-state index in [1.54, 1.807) is 19.1 Å². The summed E-state index contributed by atoms with van der Waals surface area (Å²) in [6.45, 7) is 3.55. The number of halogens is 3. The number of urea groups is 1. The summed E-state index contributed by atoms with van der Waals surface area (Å²) in [7, 11) is 0. The highest BCUT2D eigenvalue weighted by molar-refractivity contribution is 7.13. The number of nitrogens with one attached hydrogen (secondary N) is 4. The van der Waals surface area contributed by atoms with Gasteiger partial charge in [-0.25, -0.2) is 19.6 Å². The average Bonchev–Trinajstić information content (AvgIpc) is 3.44. The number of hydrogen-bond donors (Lipinski definition) is 5. The molecular formula is C27H25F3N6O4S. The lowest BCUT2D eigenvalue weighted by Crippen LogP contribution is -2.29. The number of pyridine rings is 2. The van der Waals surface area contributed by atoms with E-state index in [4.69, 9.17) is 0 Å². The summed E-state index contributed by atoms with van der Waals surface area (Å²) in [5.41, 5.74) is 0.208. The zero-order chi connectivity index (χ0) is 29.3.